The van der Waals surface area contributed by atoms with E-state index in [-0.39, 0.29) is 12.2 Å². The Morgan fingerprint density at radius 2 is 2.00 bits per heavy atom. The summed E-state index contributed by atoms with van der Waals surface area (Å²) in [6.07, 6.45) is 6.04. The van der Waals surface area contributed by atoms with Gasteiger partial charge in [-0.1, -0.05) is 12.1 Å². The van der Waals surface area contributed by atoms with E-state index in [4.69, 9.17) is 0 Å². The molecule has 1 aliphatic rings. The Labute approximate surface area is 99.1 Å². The molecule has 90 valence electrons. The van der Waals surface area contributed by atoms with Crippen molar-refractivity contribution in [1.82, 2.24) is 0 Å². The molecule has 1 aromatic carbocycles. The van der Waals surface area contributed by atoms with Crippen LogP contribution in [0.1, 0.15) is 31.2 Å². The van der Waals surface area contributed by atoms with Gasteiger partial charge in [0.15, 0.2) is 17.4 Å². The second-order valence-corrected chi connectivity index (χ2v) is 4.32. The SMILES string of the molecule is O=C(Cc1ccc(F)c(F)c1)C1=CCCCC1. The van der Waals surface area contributed by atoms with Gasteiger partial charge in [-0.3, -0.25) is 4.79 Å². The van der Waals surface area contributed by atoms with Gasteiger partial charge in [0, 0.05) is 6.42 Å². The minimum Gasteiger partial charge on any atom is -0.294 e. The fraction of sp³-hybridized carbons (Fsp3) is 0.357. The zero-order valence-electron chi connectivity index (χ0n) is 9.51. The number of carbonyl (C=O) groups is 1. The number of ketones is 1. The lowest BCUT2D eigenvalue weighted by atomic mass is 9.93. The van der Waals surface area contributed by atoms with Crippen LogP contribution < -0.4 is 0 Å². The van der Waals surface area contributed by atoms with Gasteiger partial charge in [0.2, 0.25) is 0 Å². The monoisotopic (exact) mass is 236 g/mol. The summed E-state index contributed by atoms with van der Waals surface area (Å²) in [5.41, 5.74) is 1.36. The van der Waals surface area contributed by atoms with Crippen LogP contribution in [0.25, 0.3) is 0 Å². The molecule has 0 saturated carbocycles. The summed E-state index contributed by atoms with van der Waals surface area (Å²) in [4.78, 5) is 11.9. The highest BCUT2D eigenvalue weighted by atomic mass is 19.2. The third-order valence-corrected chi connectivity index (χ3v) is 3.00. The molecule has 1 nitrogen and oxygen atoms in total. The van der Waals surface area contributed by atoms with E-state index >= 15 is 0 Å². The quantitative estimate of drug-likeness (QED) is 0.784. The van der Waals surface area contributed by atoms with Crippen molar-refractivity contribution < 1.29 is 13.6 Å². The molecular weight excluding hydrogens is 222 g/mol. The van der Waals surface area contributed by atoms with Crippen molar-refractivity contribution >= 4 is 5.78 Å². The van der Waals surface area contributed by atoms with Crippen LogP contribution in [0.2, 0.25) is 0 Å². The molecule has 0 atom stereocenters. The Balaban J connectivity index is 2.07. The van der Waals surface area contributed by atoms with E-state index in [0.29, 0.717) is 5.56 Å². The number of carbonyl (C=O) groups excluding carboxylic acids is 1. The van der Waals surface area contributed by atoms with E-state index in [1.54, 1.807) is 0 Å². The third kappa shape index (κ3) is 2.99. The molecule has 0 fully saturated rings. The van der Waals surface area contributed by atoms with Crippen LogP contribution in [0.15, 0.2) is 29.8 Å². The smallest absolute Gasteiger partial charge is 0.162 e. The number of allylic oxidation sites excluding steroid dienone is 2. The predicted octanol–water partition coefficient (Wildman–Crippen LogP) is 3.58. The van der Waals surface area contributed by atoms with Gasteiger partial charge in [0.25, 0.3) is 0 Å². The molecule has 17 heavy (non-hydrogen) atoms. The molecule has 0 amide bonds. The van der Waals surface area contributed by atoms with Gasteiger partial charge in [0.05, 0.1) is 0 Å². The van der Waals surface area contributed by atoms with E-state index in [2.05, 4.69) is 0 Å². The van der Waals surface area contributed by atoms with Crippen LogP contribution in [0, 0.1) is 11.6 Å². The van der Waals surface area contributed by atoms with Crippen LogP contribution in [0.3, 0.4) is 0 Å². The average molecular weight is 236 g/mol. The highest BCUT2D eigenvalue weighted by Gasteiger charge is 2.13. The van der Waals surface area contributed by atoms with Gasteiger partial charge < -0.3 is 0 Å². The predicted molar refractivity (Wildman–Crippen MR) is 61.6 cm³/mol. The van der Waals surface area contributed by atoms with Crippen LogP contribution in [-0.2, 0) is 11.2 Å². The van der Waals surface area contributed by atoms with Crippen LogP contribution >= 0.6 is 0 Å². The first kappa shape index (κ1) is 12.0. The van der Waals surface area contributed by atoms with E-state index in [0.717, 1.165) is 43.4 Å². The van der Waals surface area contributed by atoms with Gasteiger partial charge in [0.1, 0.15) is 0 Å². The van der Waals surface area contributed by atoms with Crippen LogP contribution in [0.5, 0.6) is 0 Å². The van der Waals surface area contributed by atoms with Crippen molar-refractivity contribution in [2.45, 2.75) is 32.1 Å². The van der Waals surface area contributed by atoms with Crippen molar-refractivity contribution in [3.05, 3.63) is 47.0 Å². The molecular formula is C14H14F2O. The lowest BCUT2D eigenvalue weighted by molar-refractivity contribution is -0.115. The first-order valence-corrected chi connectivity index (χ1v) is 5.83. The third-order valence-electron chi connectivity index (χ3n) is 3.00. The molecule has 1 aliphatic carbocycles. The molecule has 0 aromatic heterocycles. The fourth-order valence-corrected chi connectivity index (χ4v) is 2.04. The molecule has 0 N–H and O–H groups in total. The van der Waals surface area contributed by atoms with Gasteiger partial charge >= 0.3 is 0 Å². The van der Waals surface area contributed by atoms with Gasteiger partial charge in [-0.05, 0) is 49.0 Å². The number of Topliss-reactive ketones (excluding diaryl/α,β-unsaturated/α-hetero) is 1. The maximum absolute atomic E-state index is 13.0. The average Bonchev–Trinajstić information content (AvgIpc) is 2.35. The zero-order chi connectivity index (χ0) is 12.3. The molecule has 0 saturated heterocycles. The summed E-state index contributed by atoms with van der Waals surface area (Å²) in [5, 5.41) is 0. The summed E-state index contributed by atoms with van der Waals surface area (Å²) >= 11 is 0. The highest BCUT2D eigenvalue weighted by molar-refractivity contribution is 5.96. The van der Waals surface area contributed by atoms with Crippen molar-refractivity contribution in [2.24, 2.45) is 0 Å². The van der Waals surface area contributed by atoms with Crippen LogP contribution in [-0.4, -0.2) is 5.78 Å². The summed E-state index contributed by atoms with van der Waals surface area (Å²) < 4.78 is 25.7. The number of hydrogen-bond acceptors (Lipinski definition) is 1. The van der Waals surface area contributed by atoms with Crippen molar-refractivity contribution in [1.29, 1.82) is 0 Å². The van der Waals surface area contributed by atoms with E-state index in [1.807, 2.05) is 6.08 Å². The normalized spacial score (nSPS) is 15.5. The first-order valence-electron chi connectivity index (χ1n) is 5.83. The van der Waals surface area contributed by atoms with Crippen molar-refractivity contribution in [3.8, 4) is 0 Å². The second-order valence-electron chi connectivity index (χ2n) is 4.32. The van der Waals surface area contributed by atoms with Crippen molar-refractivity contribution in [3.63, 3.8) is 0 Å². The molecule has 2 rings (SSSR count). The minimum atomic E-state index is -0.895. The molecule has 0 spiro atoms. The largest absolute Gasteiger partial charge is 0.294 e. The maximum Gasteiger partial charge on any atom is 0.162 e. The number of halogens is 2. The Kier molecular flexibility index (Phi) is 3.67. The standard InChI is InChI=1S/C14H14F2O/c15-12-7-6-10(8-13(12)16)9-14(17)11-4-2-1-3-5-11/h4,6-8H,1-3,5,9H2. The summed E-state index contributed by atoms with van der Waals surface area (Å²) in [7, 11) is 0. The summed E-state index contributed by atoms with van der Waals surface area (Å²) in [5.74, 6) is -1.75. The van der Waals surface area contributed by atoms with Gasteiger partial charge in [-0.2, -0.15) is 0 Å². The Hall–Kier alpha value is -1.51. The molecule has 3 heteroatoms. The molecule has 1 aromatic rings. The summed E-state index contributed by atoms with van der Waals surface area (Å²) in [6, 6.07) is 3.61. The molecule has 0 radical (unpaired) electrons. The number of benzene rings is 1. The molecule has 0 heterocycles. The molecule has 0 aliphatic heterocycles. The van der Waals surface area contributed by atoms with Crippen LogP contribution in [0.4, 0.5) is 8.78 Å². The lowest BCUT2D eigenvalue weighted by Gasteiger charge is -2.11. The van der Waals surface area contributed by atoms with Gasteiger partial charge in [-0.15, -0.1) is 0 Å². The number of hydrogen-bond donors (Lipinski definition) is 0. The van der Waals surface area contributed by atoms with E-state index in [1.165, 1.54) is 6.07 Å². The Morgan fingerprint density at radius 3 is 2.65 bits per heavy atom. The second kappa shape index (κ2) is 5.21. The highest BCUT2D eigenvalue weighted by Crippen LogP contribution is 2.20. The molecule has 0 bridgehead atoms. The Morgan fingerprint density at radius 1 is 1.18 bits per heavy atom. The zero-order valence-corrected chi connectivity index (χ0v) is 9.51. The van der Waals surface area contributed by atoms with Gasteiger partial charge in [-0.25, -0.2) is 8.78 Å². The van der Waals surface area contributed by atoms with E-state index in [9.17, 15) is 13.6 Å². The summed E-state index contributed by atoms with van der Waals surface area (Å²) in [6.45, 7) is 0. The van der Waals surface area contributed by atoms with E-state index < -0.39 is 11.6 Å². The van der Waals surface area contributed by atoms with Crippen molar-refractivity contribution in [2.75, 3.05) is 0 Å². The maximum atomic E-state index is 13.0. The first-order chi connectivity index (χ1) is 8.16. The Bertz CT molecular complexity index is 463. The molecule has 0 unspecified atom stereocenters. The fourth-order valence-electron chi connectivity index (χ4n) is 2.04. The number of rotatable bonds is 3. The minimum absolute atomic E-state index is 0.0238. The topological polar surface area (TPSA) is 17.1 Å². The lowest BCUT2D eigenvalue weighted by Crippen LogP contribution is -2.09.